The second-order valence-electron chi connectivity index (χ2n) is 6.20. The lowest BCUT2D eigenvalue weighted by atomic mass is 10.0. The molecule has 134 valence electrons. The monoisotopic (exact) mass is 360 g/mol. The number of sulfone groups is 1. The average Bonchev–Trinajstić information content (AvgIpc) is 2.55. The third-order valence-corrected chi connectivity index (χ3v) is 5.53. The van der Waals surface area contributed by atoms with Gasteiger partial charge in [-0.05, 0) is 25.0 Å². The summed E-state index contributed by atoms with van der Waals surface area (Å²) in [6.07, 6.45) is 1.28. The molecule has 5 nitrogen and oxygen atoms in total. The van der Waals surface area contributed by atoms with E-state index in [1.807, 2.05) is 13.8 Å². The maximum atomic E-state index is 12.8. The fraction of sp³-hybridized carbons (Fsp3) is 0.562. The first-order valence-corrected chi connectivity index (χ1v) is 9.44. The maximum Gasteiger partial charge on any atom is 0.341 e. The summed E-state index contributed by atoms with van der Waals surface area (Å²) >= 11 is 0. The molecular formula is C16H22F2N2O3S. The van der Waals surface area contributed by atoms with Gasteiger partial charge in [0.1, 0.15) is 0 Å². The predicted octanol–water partition coefficient (Wildman–Crippen LogP) is 2.74. The maximum absolute atomic E-state index is 12.8. The summed E-state index contributed by atoms with van der Waals surface area (Å²) in [4.78, 5) is 13.4. The van der Waals surface area contributed by atoms with Crippen LogP contribution in [0.15, 0.2) is 29.2 Å². The number of rotatable bonds is 5. The fourth-order valence-corrected chi connectivity index (χ4v) is 3.65. The van der Waals surface area contributed by atoms with E-state index in [0.29, 0.717) is 25.9 Å². The molecule has 0 spiro atoms. The van der Waals surface area contributed by atoms with Crippen molar-refractivity contribution >= 4 is 21.4 Å². The molecule has 1 heterocycles. The molecule has 1 aromatic carbocycles. The van der Waals surface area contributed by atoms with Crippen molar-refractivity contribution in [1.82, 2.24) is 4.90 Å². The minimum absolute atomic E-state index is 0.0600. The van der Waals surface area contributed by atoms with E-state index < -0.39 is 15.6 Å². The number of piperidine rings is 1. The number of carbonyl (C=O) groups excluding carboxylic acids is 1. The lowest BCUT2D eigenvalue weighted by Crippen LogP contribution is -2.44. The second kappa shape index (κ2) is 7.46. The van der Waals surface area contributed by atoms with Crippen LogP contribution in [0, 0.1) is 5.92 Å². The molecule has 8 heteroatoms. The lowest BCUT2D eigenvalue weighted by molar-refractivity contribution is -0.135. The minimum atomic E-state index is -4.65. The average molecular weight is 360 g/mol. The van der Waals surface area contributed by atoms with E-state index >= 15 is 0 Å². The number of nitrogens with zero attached hydrogens (tertiary/aromatic N) is 1. The zero-order valence-electron chi connectivity index (χ0n) is 13.7. The largest absolute Gasteiger partial charge is 0.381 e. The summed E-state index contributed by atoms with van der Waals surface area (Å²) in [5.74, 6) is -3.42. The summed E-state index contributed by atoms with van der Waals surface area (Å²) in [5, 5.41) is 3.05. The molecule has 1 aliphatic heterocycles. The fourth-order valence-electron chi connectivity index (χ4n) is 2.76. The summed E-state index contributed by atoms with van der Waals surface area (Å²) in [6, 6.07) is 5.63. The Morgan fingerprint density at radius 1 is 1.21 bits per heavy atom. The van der Waals surface area contributed by atoms with Gasteiger partial charge in [0.2, 0.25) is 15.7 Å². The number of benzene rings is 1. The Hall–Kier alpha value is -1.70. The van der Waals surface area contributed by atoms with Gasteiger partial charge in [0, 0.05) is 25.0 Å². The van der Waals surface area contributed by atoms with Crippen molar-refractivity contribution in [1.29, 1.82) is 0 Å². The van der Waals surface area contributed by atoms with Gasteiger partial charge in [-0.2, -0.15) is 8.78 Å². The van der Waals surface area contributed by atoms with E-state index in [0.717, 1.165) is 0 Å². The number of carbonyl (C=O) groups is 1. The Labute approximate surface area is 141 Å². The van der Waals surface area contributed by atoms with Crippen molar-refractivity contribution in [2.75, 3.05) is 18.4 Å². The van der Waals surface area contributed by atoms with Crippen LogP contribution in [0.3, 0.4) is 0 Å². The molecule has 0 saturated carbocycles. The Bertz CT molecular complexity index is 684. The van der Waals surface area contributed by atoms with Crippen LogP contribution in [0.1, 0.15) is 26.7 Å². The molecule has 1 fully saturated rings. The molecule has 0 aromatic heterocycles. The number of hydrogen-bond donors (Lipinski definition) is 1. The van der Waals surface area contributed by atoms with E-state index in [2.05, 4.69) is 5.32 Å². The van der Waals surface area contributed by atoms with E-state index in [9.17, 15) is 22.0 Å². The lowest BCUT2D eigenvalue weighted by Gasteiger charge is -2.34. The molecule has 0 aliphatic carbocycles. The van der Waals surface area contributed by atoms with Crippen LogP contribution in [0.25, 0.3) is 0 Å². The number of halogens is 2. The normalized spacial score (nSPS) is 16.7. The molecule has 0 bridgehead atoms. The van der Waals surface area contributed by atoms with E-state index in [-0.39, 0.29) is 28.4 Å². The van der Waals surface area contributed by atoms with Gasteiger partial charge < -0.3 is 10.2 Å². The highest BCUT2D eigenvalue weighted by atomic mass is 32.2. The molecule has 0 unspecified atom stereocenters. The number of hydrogen-bond acceptors (Lipinski definition) is 4. The van der Waals surface area contributed by atoms with Crippen LogP contribution in [0.5, 0.6) is 0 Å². The van der Waals surface area contributed by atoms with Crippen molar-refractivity contribution in [3.8, 4) is 0 Å². The summed E-state index contributed by atoms with van der Waals surface area (Å²) in [6.45, 7) is 4.83. The quantitative estimate of drug-likeness (QED) is 0.877. The highest BCUT2D eigenvalue weighted by Gasteiger charge is 2.30. The molecule has 24 heavy (non-hydrogen) atoms. The Kier molecular flexibility index (Phi) is 5.79. The number of amides is 1. The van der Waals surface area contributed by atoms with Gasteiger partial charge in [0.05, 0.1) is 10.6 Å². The molecule has 0 atom stereocenters. The van der Waals surface area contributed by atoms with Crippen molar-refractivity contribution in [2.24, 2.45) is 5.92 Å². The van der Waals surface area contributed by atoms with Crippen molar-refractivity contribution in [2.45, 2.75) is 43.4 Å². The number of likely N-dealkylation sites (tertiary alicyclic amines) is 1. The first-order valence-electron chi connectivity index (χ1n) is 7.90. The molecule has 1 aromatic rings. The SMILES string of the molecule is CC(C)C(=O)N1CCC(Nc2ccccc2S(=O)(=O)C(F)F)CC1. The van der Waals surface area contributed by atoms with E-state index in [1.165, 1.54) is 18.2 Å². The van der Waals surface area contributed by atoms with Crippen LogP contribution in [0.4, 0.5) is 14.5 Å². The smallest absolute Gasteiger partial charge is 0.341 e. The molecule has 1 saturated heterocycles. The van der Waals surface area contributed by atoms with Crippen molar-refractivity contribution in [3.63, 3.8) is 0 Å². The molecule has 1 amide bonds. The number of nitrogens with one attached hydrogen (secondary N) is 1. The Morgan fingerprint density at radius 2 is 1.79 bits per heavy atom. The van der Waals surface area contributed by atoms with Crippen molar-refractivity contribution < 1.29 is 22.0 Å². The summed E-state index contributed by atoms with van der Waals surface area (Å²) in [7, 11) is -4.65. The first kappa shape index (κ1) is 18.6. The van der Waals surface area contributed by atoms with Crippen LogP contribution >= 0.6 is 0 Å². The molecule has 1 N–H and O–H groups in total. The van der Waals surface area contributed by atoms with Gasteiger partial charge in [0.15, 0.2) is 0 Å². The second-order valence-corrected chi connectivity index (χ2v) is 8.09. The van der Waals surface area contributed by atoms with Gasteiger partial charge >= 0.3 is 5.76 Å². The van der Waals surface area contributed by atoms with Crippen LogP contribution in [0.2, 0.25) is 0 Å². The molecule has 0 radical (unpaired) electrons. The highest BCUT2D eigenvalue weighted by molar-refractivity contribution is 7.91. The first-order chi connectivity index (χ1) is 11.2. The standard InChI is InChI=1S/C16H22F2N2O3S/c1-11(2)15(21)20-9-7-12(8-10-20)19-13-5-3-4-6-14(13)24(22,23)16(17)18/h3-6,11-12,16,19H,7-10H2,1-2H3. The van der Waals surface area contributed by atoms with Gasteiger partial charge in [-0.1, -0.05) is 26.0 Å². The zero-order chi connectivity index (χ0) is 17.9. The number of alkyl halides is 2. The zero-order valence-corrected chi connectivity index (χ0v) is 14.5. The van der Waals surface area contributed by atoms with Crippen LogP contribution in [-0.4, -0.2) is 44.1 Å². The van der Waals surface area contributed by atoms with E-state index in [1.54, 1.807) is 11.0 Å². The third-order valence-electron chi connectivity index (χ3n) is 4.09. The Balaban J connectivity index is 2.08. The van der Waals surface area contributed by atoms with Crippen LogP contribution in [-0.2, 0) is 14.6 Å². The molecule has 2 rings (SSSR count). The van der Waals surface area contributed by atoms with Crippen molar-refractivity contribution in [3.05, 3.63) is 24.3 Å². The molecular weight excluding hydrogens is 338 g/mol. The van der Waals surface area contributed by atoms with Gasteiger partial charge in [-0.3, -0.25) is 4.79 Å². The topological polar surface area (TPSA) is 66.5 Å². The molecule has 1 aliphatic rings. The van der Waals surface area contributed by atoms with Crippen LogP contribution < -0.4 is 5.32 Å². The van der Waals surface area contributed by atoms with Gasteiger partial charge in [-0.25, -0.2) is 8.42 Å². The summed E-state index contributed by atoms with van der Waals surface area (Å²) < 4.78 is 49.2. The van der Waals surface area contributed by atoms with Gasteiger partial charge in [-0.15, -0.1) is 0 Å². The summed E-state index contributed by atoms with van der Waals surface area (Å²) in [5.41, 5.74) is 0.187. The Morgan fingerprint density at radius 3 is 2.33 bits per heavy atom. The van der Waals surface area contributed by atoms with Gasteiger partial charge in [0.25, 0.3) is 0 Å². The number of anilines is 1. The minimum Gasteiger partial charge on any atom is -0.381 e. The highest BCUT2D eigenvalue weighted by Crippen LogP contribution is 2.28. The number of para-hydroxylation sites is 1. The van der Waals surface area contributed by atoms with E-state index in [4.69, 9.17) is 0 Å². The third kappa shape index (κ3) is 4.03. The predicted molar refractivity (Wildman–Crippen MR) is 87.7 cm³/mol.